The van der Waals surface area contributed by atoms with E-state index in [-0.39, 0.29) is 23.8 Å². The summed E-state index contributed by atoms with van der Waals surface area (Å²) in [7, 11) is 0. The number of nitrogens with zero attached hydrogens (tertiary/aromatic N) is 1. The van der Waals surface area contributed by atoms with E-state index in [2.05, 4.69) is 17.6 Å². The SMILES string of the molecule is CCCCNC(=O)C(c1ccccc1C)N(C(=O)C(NC(=O)OC(C)(C)C)C(C)CC)C1CCC1. The summed E-state index contributed by atoms with van der Waals surface area (Å²) in [4.78, 5) is 42.3. The molecule has 7 heteroatoms. The van der Waals surface area contributed by atoms with Crippen molar-refractivity contribution in [3.05, 3.63) is 35.4 Å². The second kappa shape index (κ2) is 12.9. The van der Waals surface area contributed by atoms with Gasteiger partial charge in [0, 0.05) is 12.6 Å². The number of amides is 3. The lowest BCUT2D eigenvalue weighted by molar-refractivity contribution is -0.148. The molecular formula is C28H45N3O4. The number of unbranched alkanes of at least 4 members (excludes halogenated alkanes) is 1. The molecule has 1 fully saturated rings. The molecular weight excluding hydrogens is 442 g/mol. The Hall–Kier alpha value is -2.57. The van der Waals surface area contributed by atoms with Gasteiger partial charge < -0.3 is 20.3 Å². The van der Waals surface area contributed by atoms with Crippen molar-refractivity contribution in [3.8, 4) is 0 Å². The summed E-state index contributed by atoms with van der Waals surface area (Å²) >= 11 is 0. The van der Waals surface area contributed by atoms with Crippen LogP contribution in [0.4, 0.5) is 4.79 Å². The molecule has 0 radical (unpaired) electrons. The first-order valence-electron chi connectivity index (χ1n) is 13.1. The number of rotatable bonds is 11. The maximum Gasteiger partial charge on any atom is 0.408 e. The highest BCUT2D eigenvalue weighted by Crippen LogP contribution is 2.35. The molecule has 0 heterocycles. The predicted molar refractivity (Wildman–Crippen MR) is 139 cm³/mol. The summed E-state index contributed by atoms with van der Waals surface area (Å²) < 4.78 is 5.47. The van der Waals surface area contributed by atoms with E-state index in [4.69, 9.17) is 4.74 Å². The molecule has 35 heavy (non-hydrogen) atoms. The second-order valence-corrected chi connectivity index (χ2v) is 10.7. The number of carbonyl (C=O) groups excluding carboxylic acids is 3. The molecule has 3 atom stereocenters. The van der Waals surface area contributed by atoms with Crippen LogP contribution in [0.3, 0.4) is 0 Å². The molecule has 2 N–H and O–H groups in total. The Morgan fingerprint density at radius 3 is 2.31 bits per heavy atom. The summed E-state index contributed by atoms with van der Waals surface area (Å²) in [5.74, 6) is -0.528. The zero-order chi connectivity index (χ0) is 26.2. The van der Waals surface area contributed by atoms with Crippen molar-refractivity contribution in [3.63, 3.8) is 0 Å². The number of benzene rings is 1. The number of nitrogens with one attached hydrogen (secondary N) is 2. The first-order valence-corrected chi connectivity index (χ1v) is 13.1. The van der Waals surface area contributed by atoms with Crippen molar-refractivity contribution in [2.24, 2.45) is 5.92 Å². The van der Waals surface area contributed by atoms with Crippen molar-refractivity contribution >= 4 is 17.9 Å². The number of ether oxygens (including phenoxy) is 1. The third-order valence-electron chi connectivity index (χ3n) is 6.71. The Labute approximate surface area is 211 Å². The van der Waals surface area contributed by atoms with E-state index in [0.29, 0.717) is 13.0 Å². The van der Waals surface area contributed by atoms with Crippen LogP contribution in [0.1, 0.15) is 97.2 Å². The summed E-state index contributed by atoms with van der Waals surface area (Å²) in [5, 5.41) is 5.89. The average Bonchev–Trinajstić information content (AvgIpc) is 2.75. The van der Waals surface area contributed by atoms with E-state index in [1.165, 1.54) is 0 Å². The lowest BCUT2D eigenvalue weighted by Crippen LogP contribution is -2.59. The summed E-state index contributed by atoms with van der Waals surface area (Å²) in [6.45, 7) is 13.9. The lowest BCUT2D eigenvalue weighted by atomic mass is 9.86. The summed E-state index contributed by atoms with van der Waals surface area (Å²) in [6, 6.07) is 6.16. The first-order chi connectivity index (χ1) is 16.5. The van der Waals surface area contributed by atoms with Gasteiger partial charge in [0.05, 0.1) is 0 Å². The van der Waals surface area contributed by atoms with Gasteiger partial charge in [-0.3, -0.25) is 9.59 Å². The molecule has 3 amide bonds. The number of alkyl carbamates (subject to hydrolysis) is 1. The average molecular weight is 488 g/mol. The number of hydrogen-bond donors (Lipinski definition) is 2. The zero-order valence-corrected chi connectivity index (χ0v) is 22.6. The third-order valence-corrected chi connectivity index (χ3v) is 6.71. The molecule has 196 valence electrons. The molecule has 3 unspecified atom stereocenters. The standard InChI is InChI=1S/C28H45N3O4/c1-8-10-18-29-25(32)24(22-17-12-11-14-20(22)4)31(21-15-13-16-21)26(33)23(19(3)9-2)30-27(34)35-28(5,6)7/h11-12,14,17,19,21,23-24H,8-10,13,15-16,18H2,1-7H3,(H,29,32)(H,30,34). The van der Waals surface area contributed by atoms with Crippen LogP contribution >= 0.6 is 0 Å². The van der Waals surface area contributed by atoms with Crippen LogP contribution in [0.2, 0.25) is 0 Å². The van der Waals surface area contributed by atoms with Crippen LogP contribution in [0.15, 0.2) is 24.3 Å². The van der Waals surface area contributed by atoms with Gasteiger partial charge in [-0.25, -0.2) is 4.79 Å². The van der Waals surface area contributed by atoms with Crippen molar-refractivity contribution in [1.82, 2.24) is 15.5 Å². The van der Waals surface area contributed by atoms with E-state index in [1.54, 1.807) is 25.7 Å². The van der Waals surface area contributed by atoms with Crippen molar-refractivity contribution in [1.29, 1.82) is 0 Å². The Morgan fingerprint density at radius 2 is 1.80 bits per heavy atom. The molecule has 0 aliphatic heterocycles. The van der Waals surface area contributed by atoms with E-state index in [0.717, 1.165) is 43.2 Å². The van der Waals surface area contributed by atoms with E-state index < -0.39 is 23.8 Å². The van der Waals surface area contributed by atoms with Crippen LogP contribution < -0.4 is 10.6 Å². The van der Waals surface area contributed by atoms with E-state index in [9.17, 15) is 14.4 Å². The molecule has 1 aromatic rings. The Bertz CT molecular complexity index is 860. The Kier molecular flexibility index (Phi) is 10.6. The fourth-order valence-electron chi connectivity index (χ4n) is 4.26. The first kappa shape index (κ1) is 28.7. The molecule has 1 saturated carbocycles. The molecule has 7 nitrogen and oxygen atoms in total. The molecule has 1 aromatic carbocycles. The zero-order valence-electron chi connectivity index (χ0n) is 22.6. The fourth-order valence-corrected chi connectivity index (χ4v) is 4.26. The maximum absolute atomic E-state index is 14.2. The monoisotopic (exact) mass is 487 g/mol. The second-order valence-electron chi connectivity index (χ2n) is 10.7. The van der Waals surface area contributed by atoms with Crippen LogP contribution in [0.5, 0.6) is 0 Å². The third kappa shape index (κ3) is 7.97. The largest absolute Gasteiger partial charge is 0.444 e. The van der Waals surface area contributed by atoms with Gasteiger partial charge in [-0.1, -0.05) is 57.9 Å². The van der Waals surface area contributed by atoms with Gasteiger partial charge in [-0.15, -0.1) is 0 Å². The van der Waals surface area contributed by atoms with Crippen LogP contribution in [0, 0.1) is 12.8 Å². The van der Waals surface area contributed by atoms with Crippen LogP contribution in [0.25, 0.3) is 0 Å². The molecule has 1 aliphatic rings. The van der Waals surface area contributed by atoms with Crippen LogP contribution in [-0.4, -0.2) is 47.0 Å². The van der Waals surface area contributed by atoms with E-state index >= 15 is 0 Å². The topological polar surface area (TPSA) is 87.7 Å². The predicted octanol–water partition coefficient (Wildman–Crippen LogP) is 5.27. The maximum atomic E-state index is 14.2. The Morgan fingerprint density at radius 1 is 1.14 bits per heavy atom. The lowest BCUT2D eigenvalue weighted by Gasteiger charge is -2.44. The number of aryl methyl sites for hydroxylation is 1. The number of hydrogen-bond acceptors (Lipinski definition) is 4. The molecule has 2 rings (SSSR count). The van der Waals surface area contributed by atoms with Gasteiger partial charge in [0.1, 0.15) is 17.7 Å². The normalized spacial score (nSPS) is 16.4. The highest BCUT2D eigenvalue weighted by molar-refractivity contribution is 5.92. The van der Waals surface area contributed by atoms with Gasteiger partial charge in [0.15, 0.2) is 0 Å². The molecule has 0 saturated heterocycles. The molecule has 0 spiro atoms. The summed E-state index contributed by atoms with van der Waals surface area (Å²) in [5.41, 5.74) is 1.10. The van der Waals surface area contributed by atoms with Crippen molar-refractivity contribution in [2.75, 3.05) is 6.54 Å². The van der Waals surface area contributed by atoms with Gasteiger partial charge in [-0.2, -0.15) is 0 Å². The minimum atomic E-state index is -0.787. The molecule has 0 aromatic heterocycles. The van der Waals surface area contributed by atoms with Crippen LogP contribution in [-0.2, 0) is 14.3 Å². The van der Waals surface area contributed by atoms with Crippen molar-refractivity contribution < 1.29 is 19.1 Å². The fraction of sp³-hybridized carbons (Fsp3) is 0.679. The highest BCUT2D eigenvalue weighted by atomic mass is 16.6. The smallest absolute Gasteiger partial charge is 0.408 e. The van der Waals surface area contributed by atoms with E-state index in [1.807, 2.05) is 45.0 Å². The number of carbonyl (C=O) groups is 3. The quantitative estimate of drug-likeness (QED) is 0.416. The van der Waals surface area contributed by atoms with Gasteiger partial charge >= 0.3 is 6.09 Å². The summed E-state index contributed by atoms with van der Waals surface area (Å²) in [6.07, 6.45) is 4.62. The molecule has 0 bridgehead atoms. The minimum absolute atomic E-state index is 0.0453. The van der Waals surface area contributed by atoms with Gasteiger partial charge in [0.25, 0.3) is 0 Å². The molecule has 1 aliphatic carbocycles. The van der Waals surface area contributed by atoms with Crippen molar-refractivity contribution in [2.45, 2.75) is 111 Å². The van der Waals surface area contributed by atoms with Gasteiger partial charge in [0.2, 0.25) is 11.8 Å². The Balaban J connectivity index is 2.48. The highest BCUT2D eigenvalue weighted by Gasteiger charge is 2.43. The van der Waals surface area contributed by atoms with Gasteiger partial charge in [-0.05, 0) is 70.4 Å². The minimum Gasteiger partial charge on any atom is -0.444 e.